The van der Waals surface area contributed by atoms with Crippen molar-refractivity contribution in [3.05, 3.63) is 34.9 Å². The molecule has 1 atom stereocenters. The van der Waals surface area contributed by atoms with Gasteiger partial charge < -0.3 is 5.32 Å². The van der Waals surface area contributed by atoms with Crippen molar-refractivity contribution >= 4 is 27.7 Å². The summed E-state index contributed by atoms with van der Waals surface area (Å²) in [5, 5.41) is 3.53. The molecule has 0 radical (unpaired) electrons. The van der Waals surface area contributed by atoms with E-state index in [0.717, 1.165) is 31.2 Å². The lowest BCUT2D eigenvalue weighted by Gasteiger charge is -2.34. The van der Waals surface area contributed by atoms with Crippen molar-refractivity contribution in [2.45, 2.75) is 45.1 Å². The maximum atomic E-state index is 13.0. The molecule has 1 amide bonds. The highest BCUT2D eigenvalue weighted by molar-refractivity contribution is 7.86. The molecule has 6 nitrogen and oxygen atoms in total. The van der Waals surface area contributed by atoms with Gasteiger partial charge in [0.1, 0.15) is 0 Å². The number of halogens is 1. The number of hydrogen-bond donors (Lipinski definition) is 1. The van der Waals surface area contributed by atoms with E-state index in [1.807, 2.05) is 18.2 Å². The van der Waals surface area contributed by atoms with Gasteiger partial charge in [0.15, 0.2) is 0 Å². The normalized spacial score (nSPS) is 22.9. The smallest absolute Gasteiger partial charge is 0.281 e. The van der Waals surface area contributed by atoms with Crippen LogP contribution in [0.1, 0.15) is 44.1 Å². The van der Waals surface area contributed by atoms with Gasteiger partial charge in [-0.05, 0) is 37.3 Å². The van der Waals surface area contributed by atoms with Crippen molar-refractivity contribution in [1.29, 1.82) is 0 Å². The SMILES string of the molecule is O=C(NCc1ccccc1Cl)[C@H]1CCCN(S(=O)(=O)N2CCCCCC2)C1. The van der Waals surface area contributed by atoms with Gasteiger partial charge in [0.25, 0.3) is 10.2 Å². The number of nitrogens with zero attached hydrogens (tertiary/aromatic N) is 2. The number of benzene rings is 1. The van der Waals surface area contributed by atoms with E-state index < -0.39 is 10.2 Å². The number of rotatable bonds is 5. The molecule has 0 bridgehead atoms. The Kier molecular flexibility index (Phi) is 7.14. The third kappa shape index (κ3) is 5.22. The Bertz CT molecular complexity index is 748. The van der Waals surface area contributed by atoms with Gasteiger partial charge in [-0.2, -0.15) is 17.0 Å². The first kappa shape index (κ1) is 20.6. The third-order valence-corrected chi connectivity index (χ3v) is 7.75. The largest absolute Gasteiger partial charge is 0.352 e. The molecule has 2 fully saturated rings. The zero-order valence-corrected chi connectivity index (χ0v) is 17.1. The van der Waals surface area contributed by atoms with E-state index in [9.17, 15) is 13.2 Å². The lowest BCUT2D eigenvalue weighted by atomic mass is 9.99. The van der Waals surface area contributed by atoms with Crippen LogP contribution < -0.4 is 5.32 Å². The number of carbonyl (C=O) groups excluding carboxylic acids is 1. The average molecular weight is 414 g/mol. The van der Waals surface area contributed by atoms with E-state index in [0.29, 0.717) is 44.0 Å². The zero-order chi connectivity index (χ0) is 19.3. The van der Waals surface area contributed by atoms with Crippen LogP contribution >= 0.6 is 11.6 Å². The number of piperidine rings is 1. The fourth-order valence-corrected chi connectivity index (χ4v) is 5.75. The first-order valence-electron chi connectivity index (χ1n) is 9.75. The van der Waals surface area contributed by atoms with E-state index in [2.05, 4.69) is 5.32 Å². The second kappa shape index (κ2) is 9.37. The van der Waals surface area contributed by atoms with Crippen molar-refractivity contribution in [3.8, 4) is 0 Å². The molecule has 0 saturated carbocycles. The van der Waals surface area contributed by atoms with Gasteiger partial charge in [0.05, 0.1) is 5.92 Å². The predicted molar refractivity (Wildman–Crippen MR) is 107 cm³/mol. The summed E-state index contributed by atoms with van der Waals surface area (Å²) in [6.07, 6.45) is 5.40. The molecule has 1 N–H and O–H groups in total. The van der Waals surface area contributed by atoms with Crippen LogP contribution in [0.5, 0.6) is 0 Å². The molecule has 0 aliphatic carbocycles. The quantitative estimate of drug-likeness (QED) is 0.806. The summed E-state index contributed by atoms with van der Waals surface area (Å²) in [6.45, 7) is 2.28. The van der Waals surface area contributed by atoms with Gasteiger partial charge in [-0.15, -0.1) is 0 Å². The third-order valence-electron chi connectivity index (χ3n) is 5.38. The van der Waals surface area contributed by atoms with Crippen LogP contribution in [0.3, 0.4) is 0 Å². The van der Waals surface area contributed by atoms with Crippen molar-refractivity contribution in [1.82, 2.24) is 13.9 Å². The zero-order valence-electron chi connectivity index (χ0n) is 15.6. The summed E-state index contributed by atoms with van der Waals surface area (Å²) >= 11 is 6.13. The Morgan fingerprint density at radius 2 is 1.70 bits per heavy atom. The van der Waals surface area contributed by atoms with Gasteiger partial charge in [0, 0.05) is 37.7 Å². The van der Waals surface area contributed by atoms with E-state index in [4.69, 9.17) is 11.6 Å². The molecular formula is C19H28ClN3O3S. The lowest BCUT2D eigenvalue weighted by Crippen LogP contribution is -2.50. The lowest BCUT2D eigenvalue weighted by molar-refractivity contribution is -0.126. The molecule has 0 aromatic heterocycles. The molecule has 0 spiro atoms. The minimum Gasteiger partial charge on any atom is -0.352 e. The molecule has 2 aliphatic heterocycles. The molecular weight excluding hydrogens is 386 g/mol. The Balaban J connectivity index is 1.59. The van der Waals surface area contributed by atoms with Crippen LogP contribution in [0.2, 0.25) is 5.02 Å². The molecule has 1 aromatic carbocycles. The average Bonchev–Trinajstić information content (AvgIpc) is 2.97. The maximum absolute atomic E-state index is 13.0. The van der Waals surface area contributed by atoms with Crippen molar-refractivity contribution in [2.75, 3.05) is 26.2 Å². The standard InChI is InChI=1S/C19H28ClN3O3S/c20-18-10-4-3-8-16(18)14-21-19(24)17-9-7-13-23(15-17)27(25,26)22-11-5-1-2-6-12-22/h3-4,8,10,17H,1-2,5-7,9,11-15H2,(H,21,24)/t17-/m0/s1. The number of amides is 1. The van der Waals surface area contributed by atoms with Crippen molar-refractivity contribution in [3.63, 3.8) is 0 Å². The van der Waals surface area contributed by atoms with E-state index in [1.165, 1.54) is 4.31 Å². The maximum Gasteiger partial charge on any atom is 0.281 e. The molecule has 2 aliphatic rings. The van der Waals surface area contributed by atoms with Crippen LogP contribution in [0.15, 0.2) is 24.3 Å². The molecule has 2 saturated heterocycles. The second-order valence-corrected chi connectivity index (χ2v) is 9.66. The number of nitrogens with one attached hydrogen (secondary N) is 1. The van der Waals surface area contributed by atoms with Gasteiger partial charge in [0.2, 0.25) is 5.91 Å². The molecule has 8 heteroatoms. The Morgan fingerprint density at radius 3 is 2.41 bits per heavy atom. The monoisotopic (exact) mass is 413 g/mol. The fraction of sp³-hybridized carbons (Fsp3) is 0.632. The molecule has 3 rings (SSSR count). The number of carbonyl (C=O) groups is 1. The van der Waals surface area contributed by atoms with E-state index in [1.54, 1.807) is 10.4 Å². The highest BCUT2D eigenvalue weighted by atomic mass is 35.5. The highest BCUT2D eigenvalue weighted by Gasteiger charge is 2.35. The second-order valence-electron chi connectivity index (χ2n) is 7.33. The number of hydrogen-bond acceptors (Lipinski definition) is 3. The summed E-state index contributed by atoms with van der Waals surface area (Å²) in [6, 6.07) is 7.39. The van der Waals surface area contributed by atoms with Crippen LogP contribution in [0.4, 0.5) is 0 Å². The van der Waals surface area contributed by atoms with Gasteiger partial charge in [-0.25, -0.2) is 0 Å². The first-order chi connectivity index (χ1) is 13.0. The minimum atomic E-state index is -3.48. The first-order valence-corrected chi connectivity index (χ1v) is 11.5. The molecule has 27 heavy (non-hydrogen) atoms. The van der Waals surface area contributed by atoms with Crippen LogP contribution in [-0.4, -0.2) is 49.1 Å². The van der Waals surface area contributed by atoms with E-state index >= 15 is 0 Å². The summed E-state index contributed by atoms with van der Waals surface area (Å²) in [7, 11) is -3.48. The molecule has 1 aromatic rings. The summed E-state index contributed by atoms with van der Waals surface area (Å²) in [5.74, 6) is -0.423. The van der Waals surface area contributed by atoms with Gasteiger partial charge in [-0.3, -0.25) is 4.79 Å². The Hall–Kier alpha value is -1.15. The van der Waals surface area contributed by atoms with Gasteiger partial charge in [-0.1, -0.05) is 42.6 Å². The molecule has 0 unspecified atom stereocenters. The van der Waals surface area contributed by atoms with E-state index in [-0.39, 0.29) is 18.4 Å². The van der Waals surface area contributed by atoms with Crippen LogP contribution in [-0.2, 0) is 21.5 Å². The topological polar surface area (TPSA) is 69.7 Å². The summed E-state index contributed by atoms with van der Waals surface area (Å²) in [5.41, 5.74) is 0.859. The predicted octanol–water partition coefficient (Wildman–Crippen LogP) is 2.79. The van der Waals surface area contributed by atoms with Crippen molar-refractivity contribution in [2.24, 2.45) is 5.92 Å². The van der Waals surface area contributed by atoms with Crippen molar-refractivity contribution < 1.29 is 13.2 Å². The molecule has 150 valence electrons. The molecule has 2 heterocycles. The summed E-state index contributed by atoms with van der Waals surface area (Å²) < 4.78 is 29.1. The summed E-state index contributed by atoms with van der Waals surface area (Å²) in [4.78, 5) is 12.6. The highest BCUT2D eigenvalue weighted by Crippen LogP contribution is 2.24. The van der Waals surface area contributed by atoms with Crippen LogP contribution in [0.25, 0.3) is 0 Å². The minimum absolute atomic E-state index is 0.106. The Morgan fingerprint density at radius 1 is 1.04 bits per heavy atom. The van der Waals surface area contributed by atoms with Crippen LogP contribution in [0, 0.1) is 5.92 Å². The Labute approximate surface area is 167 Å². The van der Waals surface area contributed by atoms with Gasteiger partial charge >= 0.3 is 0 Å². The fourth-order valence-electron chi connectivity index (χ4n) is 3.77.